The number of nitrogens with zero attached hydrogens (tertiary/aromatic N) is 1. The van der Waals surface area contributed by atoms with Crippen LogP contribution in [0.3, 0.4) is 0 Å². The molecule has 0 fully saturated rings. The van der Waals surface area contributed by atoms with Gasteiger partial charge in [0.05, 0.1) is 18.7 Å². The number of benzene rings is 2. The molecule has 7 heteroatoms. The zero-order valence-corrected chi connectivity index (χ0v) is 17.5. The molecule has 2 rings (SSSR count). The number of nitrogens with one attached hydrogen (secondary N) is 2. The third-order valence-corrected chi connectivity index (χ3v) is 4.32. The van der Waals surface area contributed by atoms with Gasteiger partial charge in [-0.1, -0.05) is 30.8 Å². The van der Waals surface area contributed by atoms with Crippen molar-refractivity contribution >= 4 is 23.4 Å². The van der Waals surface area contributed by atoms with Crippen molar-refractivity contribution in [3.8, 4) is 5.75 Å². The summed E-state index contributed by atoms with van der Waals surface area (Å²) in [5, 5.41) is 5.57. The van der Waals surface area contributed by atoms with Gasteiger partial charge in [-0.2, -0.15) is 0 Å². The van der Waals surface area contributed by atoms with Gasteiger partial charge in [0, 0.05) is 26.2 Å². The van der Waals surface area contributed by atoms with Gasteiger partial charge in [-0.25, -0.2) is 0 Å². The molecule has 0 atom stereocenters. The molecule has 2 N–H and O–H groups in total. The van der Waals surface area contributed by atoms with Crippen molar-refractivity contribution in [2.24, 2.45) is 0 Å². The lowest BCUT2D eigenvalue weighted by atomic mass is 10.0. The predicted octanol–water partition coefficient (Wildman–Crippen LogP) is 2.77. The fourth-order valence-corrected chi connectivity index (χ4v) is 2.82. The van der Waals surface area contributed by atoms with Crippen LogP contribution >= 0.6 is 0 Å². The Balaban J connectivity index is 2.15. The standard InChI is InChI=1S/C23H27N3O4/c1-5-21(27)24-15-18-10-8-7-9-16(18)14-22(28)25-19-12-11-17(23(29)26(3)4)13-20(19)30-6-2/h5,7-13H,1,6,14-15H2,2-4H3,(H,24,27)(H,25,28). The molecule has 3 amide bonds. The van der Waals surface area contributed by atoms with Crippen LogP contribution in [0.1, 0.15) is 28.4 Å². The predicted molar refractivity (Wildman–Crippen MR) is 116 cm³/mol. The lowest BCUT2D eigenvalue weighted by Gasteiger charge is -2.16. The van der Waals surface area contributed by atoms with E-state index >= 15 is 0 Å². The van der Waals surface area contributed by atoms with E-state index in [1.807, 2.05) is 31.2 Å². The number of hydrogen-bond acceptors (Lipinski definition) is 4. The quantitative estimate of drug-likeness (QED) is 0.624. The first-order chi connectivity index (χ1) is 14.3. The van der Waals surface area contributed by atoms with Crippen LogP contribution in [0.5, 0.6) is 5.75 Å². The topological polar surface area (TPSA) is 87.7 Å². The third kappa shape index (κ3) is 6.20. The maximum absolute atomic E-state index is 12.7. The maximum atomic E-state index is 12.7. The Morgan fingerprint density at radius 1 is 1.10 bits per heavy atom. The molecule has 7 nitrogen and oxygen atoms in total. The second kappa shape index (κ2) is 10.8. The van der Waals surface area contributed by atoms with E-state index < -0.39 is 0 Å². The van der Waals surface area contributed by atoms with Gasteiger partial charge < -0.3 is 20.3 Å². The first-order valence-corrected chi connectivity index (χ1v) is 9.61. The van der Waals surface area contributed by atoms with E-state index in [0.717, 1.165) is 11.1 Å². The highest BCUT2D eigenvalue weighted by atomic mass is 16.5. The fraction of sp³-hybridized carbons (Fsp3) is 0.261. The van der Waals surface area contributed by atoms with Gasteiger partial charge in [-0.3, -0.25) is 14.4 Å². The molecule has 0 aliphatic rings. The average Bonchev–Trinajstić information content (AvgIpc) is 2.73. The molecular weight excluding hydrogens is 382 g/mol. The number of hydrogen-bond donors (Lipinski definition) is 2. The number of ether oxygens (including phenoxy) is 1. The Hall–Kier alpha value is -3.61. The summed E-state index contributed by atoms with van der Waals surface area (Å²) in [4.78, 5) is 37.8. The summed E-state index contributed by atoms with van der Waals surface area (Å²) in [7, 11) is 3.35. The third-order valence-electron chi connectivity index (χ3n) is 4.32. The summed E-state index contributed by atoms with van der Waals surface area (Å²) in [6, 6.07) is 12.3. The van der Waals surface area contributed by atoms with E-state index in [9.17, 15) is 14.4 Å². The molecule has 0 aliphatic heterocycles. The van der Waals surface area contributed by atoms with Gasteiger partial charge in [0.15, 0.2) is 0 Å². The number of anilines is 1. The van der Waals surface area contributed by atoms with Gasteiger partial charge in [0.2, 0.25) is 11.8 Å². The van der Waals surface area contributed by atoms with Crippen molar-refractivity contribution < 1.29 is 19.1 Å². The molecule has 2 aromatic carbocycles. The van der Waals surface area contributed by atoms with Crippen molar-refractivity contribution in [3.63, 3.8) is 0 Å². The van der Waals surface area contributed by atoms with Crippen LogP contribution < -0.4 is 15.4 Å². The SMILES string of the molecule is C=CC(=O)NCc1ccccc1CC(=O)Nc1ccc(C(=O)N(C)C)cc1OCC. The second-order valence-electron chi connectivity index (χ2n) is 6.76. The minimum absolute atomic E-state index is 0.129. The zero-order valence-electron chi connectivity index (χ0n) is 17.5. The van der Waals surface area contributed by atoms with Crippen LogP contribution in [0.25, 0.3) is 0 Å². The van der Waals surface area contributed by atoms with Gasteiger partial charge in [0.1, 0.15) is 5.75 Å². The van der Waals surface area contributed by atoms with Crippen molar-refractivity contribution in [2.45, 2.75) is 19.9 Å². The molecule has 0 saturated carbocycles. The van der Waals surface area contributed by atoms with Gasteiger partial charge in [-0.05, 0) is 42.3 Å². The minimum atomic E-state index is -0.275. The molecule has 0 spiro atoms. The van der Waals surface area contributed by atoms with Crippen molar-refractivity contribution in [1.82, 2.24) is 10.2 Å². The van der Waals surface area contributed by atoms with E-state index in [2.05, 4.69) is 17.2 Å². The molecular formula is C23H27N3O4. The molecule has 2 aromatic rings. The highest BCUT2D eigenvalue weighted by Gasteiger charge is 2.15. The molecule has 0 unspecified atom stereocenters. The van der Waals surface area contributed by atoms with E-state index in [4.69, 9.17) is 4.74 Å². The number of carbonyl (C=O) groups is 3. The minimum Gasteiger partial charge on any atom is -0.492 e. The summed E-state index contributed by atoms with van der Waals surface area (Å²) < 4.78 is 5.62. The van der Waals surface area contributed by atoms with E-state index in [-0.39, 0.29) is 24.1 Å². The average molecular weight is 409 g/mol. The maximum Gasteiger partial charge on any atom is 0.253 e. The van der Waals surface area contributed by atoms with Crippen molar-refractivity contribution in [1.29, 1.82) is 0 Å². The van der Waals surface area contributed by atoms with Crippen LogP contribution in [-0.4, -0.2) is 43.3 Å². The Morgan fingerprint density at radius 3 is 2.43 bits per heavy atom. The smallest absolute Gasteiger partial charge is 0.253 e. The summed E-state index contributed by atoms with van der Waals surface area (Å²) in [5.41, 5.74) is 2.62. The van der Waals surface area contributed by atoms with Crippen LogP contribution in [0, 0.1) is 0 Å². The zero-order chi connectivity index (χ0) is 22.1. The lowest BCUT2D eigenvalue weighted by Crippen LogP contribution is -2.23. The van der Waals surface area contributed by atoms with Crippen molar-refractivity contribution in [2.75, 3.05) is 26.0 Å². The first kappa shape index (κ1) is 22.7. The largest absolute Gasteiger partial charge is 0.492 e. The Bertz CT molecular complexity index is 938. The molecule has 30 heavy (non-hydrogen) atoms. The Labute approximate surface area is 176 Å². The van der Waals surface area contributed by atoms with Gasteiger partial charge in [0.25, 0.3) is 5.91 Å². The molecule has 0 heterocycles. The monoisotopic (exact) mass is 409 g/mol. The van der Waals surface area contributed by atoms with Gasteiger partial charge in [-0.15, -0.1) is 0 Å². The van der Waals surface area contributed by atoms with Crippen LogP contribution in [0.2, 0.25) is 0 Å². The summed E-state index contributed by atoms with van der Waals surface area (Å²) >= 11 is 0. The van der Waals surface area contributed by atoms with Crippen molar-refractivity contribution in [3.05, 3.63) is 71.8 Å². The highest BCUT2D eigenvalue weighted by molar-refractivity contribution is 5.97. The van der Waals surface area contributed by atoms with E-state index in [0.29, 0.717) is 30.2 Å². The van der Waals surface area contributed by atoms with Crippen LogP contribution in [0.4, 0.5) is 5.69 Å². The highest BCUT2D eigenvalue weighted by Crippen LogP contribution is 2.27. The summed E-state index contributed by atoms with van der Waals surface area (Å²) in [6.45, 7) is 5.96. The number of amides is 3. The molecule has 0 bridgehead atoms. The number of carbonyl (C=O) groups excluding carboxylic acids is 3. The molecule has 0 radical (unpaired) electrons. The van der Waals surface area contributed by atoms with Gasteiger partial charge >= 0.3 is 0 Å². The molecule has 0 saturated heterocycles. The lowest BCUT2D eigenvalue weighted by molar-refractivity contribution is -0.116. The Morgan fingerprint density at radius 2 is 1.80 bits per heavy atom. The first-order valence-electron chi connectivity index (χ1n) is 9.61. The summed E-state index contributed by atoms with van der Waals surface area (Å²) in [6.07, 6.45) is 1.33. The summed E-state index contributed by atoms with van der Waals surface area (Å²) in [5.74, 6) is -0.220. The normalized spacial score (nSPS) is 10.1. The Kier molecular flexibility index (Phi) is 8.17. The van der Waals surface area contributed by atoms with Crippen LogP contribution in [-0.2, 0) is 22.6 Å². The number of rotatable bonds is 9. The second-order valence-corrected chi connectivity index (χ2v) is 6.76. The van der Waals surface area contributed by atoms with Crippen LogP contribution in [0.15, 0.2) is 55.1 Å². The fourth-order valence-electron chi connectivity index (χ4n) is 2.82. The van der Waals surface area contributed by atoms with E-state index in [1.165, 1.54) is 11.0 Å². The van der Waals surface area contributed by atoms with E-state index in [1.54, 1.807) is 32.3 Å². The molecule has 158 valence electrons. The molecule has 0 aliphatic carbocycles. The molecule has 0 aromatic heterocycles.